The minimum Gasteiger partial charge on any atom is -0.353 e. The van der Waals surface area contributed by atoms with E-state index in [0.717, 1.165) is 25.3 Å². The molecular formula is C20H29N3O5S. The van der Waals surface area contributed by atoms with Gasteiger partial charge in [-0.25, -0.2) is 8.42 Å². The van der Waals surface area contributed by atoms with Gasteiger partial charge < -0.3 is 5.32 Å². The van der Waals surface area contributed by atoms with Gasteiger partial charge in [-0.15, -0.1) is 0 Å². The minimum atomic E-state index is -3.84. The van der Waals surface area contributed by atoms with E-state index in [1.165, 1.54) is 22.9 Å². The SMILES string of the molecule is Cc1ccc([N+](=O)[O-])cc1S(=O)(=O)N1CCC(C(=O)NC2CCCCC2C)CC1. The summed E-state index contributed by atoms with van der Waals surface area (Å²) in [6, 6.07) is 4.09. The molecule has 1 aromatic rings. The molecule has 3 rings (SSSR count). The first-order chi connectivity index (χ1) is 13.7. The summed E-state index contributed by atoms with van der Waals surface area (Å²) in [5.41, 5.74) is 0.229. The number of carbonyl (C=O) groups is 1. The molecule has 2 unspecified atom stereocenters. The van der Waals surface area contributed by atoms with Gasteiger partial charge in [0, 0.05) is 37.2 Å². The van der Waals surface area contributed by atoms with Crippen LogP contribution < -0.4 is 5.32 Å². The van der Waals surface area contributed by atoms with Crippen molar-refractivity contribution in [2.45, 2.75) is 63.3 Å². The molecule has 0 radical (unpaired) electrons. The zero-order valence-corrected chi connectivity index (χ0v) is 17.8. The molecule has 1 N–H and O–H groups in total. The van der Waals surface area contributed by atoms with Crippen molar-refractivity contribution in [1.82, 2.24) is 9.62 Å². The van der Waals surface area contributed by atoms with Crippen molar-refractivity contribution in [3.05, 3.63) is 33.9 Å². The lowest BCUT2D eigenvalue weighted by Gasteiger charge is -2.34. The summed E-state index contributed by atoms with van der Waals surface area (Å²) in [4.78, 5) is 23.1. The number of rotatable bonds is 5. The van der Waals surface area contributed by atoms with Gasteiger partial charge in [0.15, 0.2) is 0 Å². The summed E-state index contributed by atoms with van der Waals surface area (Å²) in [6.07, 6.45) is 5.39. The summed E-state index contributed by atoms with van der Waals surface area (Å²) >= 11 is 0. The molecule has 1 heterocycles. The molecule has 8 nitrogen and oxygen atoms in total. The predicted molar refractivity (Wildman–Crippen MR) is 109 cm³/mol. The molecule has 160 valence electrons. The average molecular weight is 424 g/mol. The number of nitro groups is 1. The van der Waals surface area contributed by atoms with E-state index in [1.807, 2.05) is 0 Å². The first kappa shape index (κ1) is 21.7. The quantitative estimate of drug-likeness (QED) is 0.578. The third kappa shape index (κ3) is 4.78. The molecule has 1 amide bonds. The number of carbonyl (C=O) groups excluding carboxylic acids is 1. The van der Waals surface area contributed by atoms with Crippen molar-refractivity contribution in [3.63, 3.8) is 0 Å². The zero-order chi connectivity index (χ0) is 21.2. The molecule has 2 fully saturated rings. The standard InChI is InChI=1S/C20H29N3O5S/c1-14-5-3-4-6-18(14)21-20(24)16-9-11-22(12-10-16)29(27,28)19-13-17(23(25)26)8-7-15(19)2/h7-8,13-14,16,18H,3-6,9-12H2,1-2H3,(H,21,24). The van der Waals surface area contributed by atoms with Crippen LogP contribution in [0.5, 0.6) is 0 Å². The van der Waals surface area contributed by atoms with E-state index in [9.17, 15) is 23.3 Å². The lowest BCUT2D eigenvalue weighted by molar-refractivity contribution is -0.385. The Morgan fingerprint density at radius 3 is 2.45 bits per heavy atom. The van der Waals surface area contributed by atoms with Gasteiger partial charge in [-0.2, -0.15) is 4.31 Å². The normalized spacial score (nSPS) is 24.2. The maximum absolute atomic E-state index is 13.0. The number of non-ortho nitro benzene ring substituents is 1. The molecule has 0 bridgehead atoms. The second-order valence-corrected chi connectivity index (χ2v) is 10.2. The number of hydrogen-bond donors (Lipinski definition) is 1. The van der Waals surface area contributed by atoms with Crippen LogP contribution in [0.25, 0.3) is 0 Å². The van der Waals surface area contributed by atoms with Gasteiger partial charge in [-0.05, 0) is 44.1 Å². The van der Waals surface area contributed by atoms with Crippen molar-refractivity contribution in [1.29, 1.82) is 0 Å². The molecule has 9 heteroatoms. The van der Waals surface area contributed by atoms with Crippen molar-refractivity contribution in [2.75, 3.05) is 13.1 Å². The van der Waals surface area contributed by atoms with E-state index in [2.05, 4.69) is 12.2 Å². The van der Waals surface area contributed by atoms with E-state index >= 15 is 0 Å². The van der Waals surface area contributed by atoms with Gasteiger partial charge in [-0.1, -0.05) is 25.8 Å². The molecule has 1 saturated heterocycles. The fourth-order valence-corrected chi connectivity index (χ4v) is 6.02. The highest BCUT2D eigenvalue weighted by Crippen LogP contribution is 2.29. The van der Waals surface area contributed by atoms with Crippen LogP contribution in [-0.4, -0.2) is 42.7 Å². The van der Waals surface area contributed by atoms with Crippen LogP contribution in [0.4, 0.5) is 5.69 Å². The van der Waals surface area contributed by atoms with E-state index in [0.29, 0.717) is 24.3 Å². The molecule has 1 saturated carbocycles. The number of nitro benzene ring substituents is 1. The summed E-state index contributed by atoms with van der Waals surface area (Å²) in [7, 11) is -3.84. The number of amides is 1. The molecule has 29 heavy (non-hydrogen) atoms. The lowest BCUT2D eigenvalue weighted by atomic mass is 9.85. The van der Waals surface area contributed by atoms with Crippen LogP contribution in [-0.2, 0) is 14.8 Å². The van der Waals surface area contributed by atoms with Crippen LogP contribution in [0, 0.1) is 28.9 Å². The Labute approximate surface area is 171 Å². The second kappa shape index (κ2) is 8.79. The van der Waals surface area contributed by atoms with Gasteiger partial charge in [-0.3, -0.25) is 14.9 Å². The molecule has 0 spiro atoms. The molecule has 0 aromatic heterocycles. The summed E-state index contributed by atoms with van der Waals surface area (Å²) in [5, 5.41) is 14.2. The monoisotopic (exact) mass is 423 g/mol. The first-order valence-electron chi connectivity index (χ1n) is 10.3. The first-order valence-corrected chi connectivity index (χ1v) is 11.7. The lowest BCUT2D eigenvalue weighted by Crippen LogP contribution is -2.47. The van der Waals surface area contributed by atoms with Crippen molar-refractivity contribution in [2.24, 2.45) is 11.8 Å². The zero-order valence-electron chi connectivity index (χ0n) is 17.0. The number of sulfonamides is 1. The Morgan fingerprint density at radius 1 is 1.17 bits per heavy atom. The molecule has 1 aromatic carbocycles. The van der Waals surface area contributed by atoms with Crippen LogP contribution in [0.2, 0.25) is 0 Å². The highest BCUT2D eigenvalue weighted by molar-refractivity contribution is 7.89. The number of piperidine rings is 1. The predicted octanol–water partition coefficient (Wildman–Crippen LogP) is 3.00. The van der Waals surface area contributed by atoms with Crippen molar-refractivity contribution in [3.8, 4) is 0 Å². The highest BCUT2D eigenvalue weighted by Gasteiger charge is 2.34. The number of aryl methyl sites for hydroxylation is 1. The smallest absolute Gasteiger partial charge is 0.270 e. The van der Waals surface area contributed by atoms with E-state index in [1.54, 1.807) is 6.92 Å². The largest absolute Gasteiger partial charge is 0.353 e. The Bertz CT molecular complexity index is 878. The highest BCUT2D eigenvalue weighted by atomic mass is 32.2. The topological polar surface area (TPSA) is 110 Å². The maximum atomic E-state index is 13.0. The van der Waals surface area contributed by atoms with Crippen LogP contribution in [0.1, 0.15) is 51.0 Å². The van der Waals surface area contributed by atoms with Crippen molar-refractivity contribution < 1.29 is 18.1 Å². The molecule has 1 aliphatic carbocycles. The van der Waals surface area contributed by atoms with Crippen LogP contribution in [0.15, 0.2) is 23.1 Å². The Kier molecular flexibility index (Phi) is 6.58. The summed E-state index contributed by atoms with van der Waals surface area (Å²) in [5.74, 6) is 0.305. The van der Waals surface area contributed by atoms with Gasteiger partial charge in [0.1, 0.15) is 0 Å². The third-order valence-electron chi connectivity index (χ3n) is 6.26. The third-order valence-corrected chi connectivity index (χ3v) is 8.30. The Hall–Kier alpha value is -2.00. The van der Waals surface area contributed by atoms with Gasteiger partial charge in [0.05, 0.1) is 9.82 Å². The molecule has 2 aliphatic rings. The number of nitrogens with one attached hydrogen (secondary N) is 1. The van der Waals surface area contributed by atoms with Crippen molar-refractivity contribution >= 4 is 21.6 Å². The van der Waals surface area contributed by atoms with Gasteiger partial charge in [0.25, 0.3) is 5.69 Å². The molecule has 1 aliphatic heterocycles. The number of hydrogen-bond acceptors (Lipinski definition) is 5. The number of nitrogens with zero attached hydrogens (tertiary/aromatic N) is 2. The van der Waals surface area contributed by atoms with Crippen LogP contribution >= 0.6 is 0 Å². The fraction of sp³-hybridized carbons (Fsp3) is 0.650. The van der Waals surface area contributed by atoms with E-state index in [4.69, 9.17) is 0 Å². The van der Waals surface area contributed by atoms with E-state index < -0.39 is 14.9 Å². The summed E-state index contributed by atoms with van der Waals surface area (Å²) in [6.45, 7) is 4.27. The molecule has 2 atom stereocenters. The van der Waals surface area contributed by atoms with Gasteiger partial charge >= 0.3 is 0 Å². The Morgan fingerprint density at radius 2 is 1.83 bits per heavy atom. The van der Waals surface area contributed by atoms with Crippen LogP contribution in [0.3, 0.4) is 0 Å². The average Bonchev–Trinajstić information content (AvgIpc) is 2.69. The minimum absolute atomic E-state index is 0.0207. The number of benzene rings is 1. The maximum Gasteiger partial charge on any atom is 0.270 e. The Balaban J connectivity index is 1.64. The fourth-order valence-electron chi connectivity index (χ4n) is 4.31. The molecular weight excluding hydrogens is 394 g/mol. The summed E-state index contributed by atoms with van der Waals surface area (Å²) < 4.78 is 27.4. The second-order valence-electron chi connectivity index (χ2n) is 8.26. The van der Waals surface area contributed by atoms with Gasteiger partial charge in [0.2, 0.25) is 15.9 Å². The van der Waals surface area contributed by atoms with E-state index in [-0.39, 0.29) is 41.5 Å².